The lowest BCUT2D eigenvalue weighted by atomic mass is 10.1. The Balaban J connectivity index is 2.24. The summed E-state index contributed by atoms with van der Waals surface area (Å²) in [5.74, 6) is 4.29. The molecule has 1 atom stereocenters. The Labute approximate surface area is 147 Å². The highest BCUT2D eigenvalue weighted by Gasteiger charge is 2.50. The molecule has 2 rings (SSSR count). The first-order valence-corrected chi connectivity index (χ1v) is 7.80. The van der Waals surface area contributed by atoms with Crippen molar-refractivity contribution in [2.75, 3.05) is 30.9 Å². The molecule has 0 unspecified atom stereocenters. The summed E-state index contributed by atoms with van der Waals surface area (Å²) in [6, 6.07) is -1.91. The maximum Gasteiger partial charge on any atom is 0.408 e. The third-order valence-electron chi connectivity index (χ3n) is 3.69. The van der Waals surface area contributed by atoms with Gasteiger partial charge in [0.2, 0.25) is 17.7 Å². The Hall–Kier alpha value is -2.22. The number of rotatable bonds is 7. The van der Waals surface area contributed by atoms with Crippen molar-refractivity contribution < 1.29 is 26.7 Å². The number of methoxy groups -OCH3 is 1. The van der Waals surface area contributed by atoms with E-state index in [1.165, 1.54) is 7.11 Å². The number of anilines is 2. The van der Waals surface area contributed by atoms with E-state index in [4.69, 9.17) is 4.74 Å². The average Bonchev–Trinajstić information content (AvgIpc) is 3.33. The average molecular weight is 379 g/mol. The second kappa shape index (κ2) is 7.99. The molecule has 0 spiro atoms. The van der Waals surface area contributed by atoms with Gasteiger partial charge in [-0.2, -0.15) is 28.1 Å². The summed E-state index contributed by atoms with van der Waals surface area (Å²) < 4.78 is 68.8. The lowest BCUT2D eigenvalue weighted by Gasteiger charge is -2.17. The number of alkyl halides is 5. The van der Waals surface area contributed by atoms with Crippen molar-refractivity contribution in [1.82, 2.24) is 15.0 Å². The number of nitrogens with zero attached hydrogens (tertiary/aromatic N) is 3. The second-order valence-corrected chi connectivity index (χ2v) is 5.84. The highest BCUT2D eigenvalue weighted by Crippen LogP contribution is 2.50. The molecule has 1 aromatic rings. The van der Waals surface area contributed by atoms with E-state index >= 15 is 0 Å². The van der Waals surface area contributed by atoms with E-state index in [9.17, 15) is 22.0 Å². The molecule has 144 valence electrons. The van der Waals surface area contributed by atoms with Gasteiger partial charge in [0.1, 0.15) is 6.04 Å². The monoisotopic (exact) mass is 379 g/mol. The first-order chi connectivity index (χ1) is 12.2. The van der Waals surface area contributed by atoms with E-state index < -0.39 is 24.1 Å². The van der Waals surface area contributed by atoms with Gasteiger partial charge in [-0.3, -0.25) is 0 Å². The molecule has 6 nitrogen and oxygen atoms in total. The van der Waals surface area contributed by atoms with Crippen LogP contribution in [0.5, 0.6) is 0 Å². The van der Waals surface area contributed by atoms with Crippen molar-refractivity contribution >= 4 is 11.9 Å². The predicted octanol–water partition coefficient (Wildman–Crippen LogP) is 2.69. The number of nitrogens with one attached hydrogen (secondary N) is 2. The third kappa shape index (κ3) is 5.39. The quantitative estimate of drug-likeness (QED) is 0.431. The highest BCUT2D eigenvalue weighted by atomic mass is 19.4. The van der Waals surface area contributed by atoms with E-state index in [0.29, 0.717) is 13.2 Å². The fourth-order valence-corrected chi connectivity index (χ4v) is 1.83. The van der Waals surface area contributed by atoms with Crippen molar-refractivity contribution in [2.24, 2.45) is 5.41 Å². The minimum absolute atomic E-state index is 0.0277. The van der Waals surface area contributed by atoms with Gasteiger partial charge in [0.05, 0.1) is 12.0 Å². The number of aromatic nitrogens is 3. The van der Waals surface area contributed by atoms with Crippen LogP contribution in [0.3, 0.4) is 0 Å². The van der Waals surface area contributed by atoms with Crippen molar-refractivity contribution in [1.29, 1.82) is 0 Å². The Morgan fingerprint density at radius 3 is 2.38 bits per heavy atom. The van der Waals surface area contributed by atoms with Crippen molar-refractivity contribution in [2.45, 2.75) is 38.4 Å². The van der Waals surface area contributed by atoms with Crippen LogP contribution >= 0.6 is 0 Å². The van der Waals surface area contributed by atoms with E-state index in [0.717, 1.165) is 6.92 Å². The van der Waals surface area contributed by atoms with Crippen LogP contribution in [0.25, 0.3) is 0 Å². The number of ether oxygens (including phenoxy) is 1. The molecule has 0 aliphatic heterocycles. The minimum atomic E-state index is -4.50. The zero-order chi connectivity index (χ0) is 19.4. The molecule has 0 amide bonds. The van der Waals surface area contributed by atoms with Crippen LogP contribution in [0.4, 0.5) is 33.8 Å². The summed E-state index contributed by atoms with van der Waals surface area (Å²) >= 11 is 0. The number of hydrogen-bond donors (Lipinski definition) is 2. The molecule has 0 bridgehead atoms. The molecule has 1 aromatic heterocycles. The van der Waals surface area contributed by atoms with E-state index in [1.807, 2.05) is 0 Å². The van der Waals surface area contributed by atoms with Crippen LogP contribution in [0.15, 0.2) is 0 Å². The van der Waals surface area contributed by atoms with Gasteiger partial charge in [0.25, 0.3) is 6.43 Å². The van der Waals surface area contributed by atoms with Gasteiger partial charge in [-0.05, 0) is 25.7 Å². The zero-order valence-electron chi connectivity index (χ0n) is 14.1. The van der Waals surface area contributed by atoms with E-state index in [2.05, 4.69) is 37.4 Å². The lowest BCUT2D eigenvalue weighted by molar-refractivity contribution is -0.138. The summed E-state index contributed by atoms with van der Waals surface area (Å²) in [5, 5.41) is 4.86. The molecule has 1 fully saturated rings. The third-order valence-corrected chi connectivity index (χ3v) is 3.69. The lowest BCUT2D eigenvalue weighted by Crippen LogP contribution is -2.34. The van der Waals surface area contributed by atoms with Gasteiger partial charge < -0.3 is 15.4 Å². The van der Waals surface area contributed by atoms with Gasteiger partial charge in [-0.1, -0.05) is 5.92 Å². The summed E-state index contributed by atoms with van der Waals surface area (Å²) in [4.78, 5) is 11.6. The summed E-state index contributed by atoms with van der Waals surface area (Å²) in [6.07, 6.45) is -6.58. The van der Waals surface area contributed by atoms with E-state index in [-0.39, 0.29) is 30.6 Å². The summed E-state index contributed by atoms with van der Waals surface area (Å²) in [6.45, 7) is 1.51. The Morgan fingerprint density at radius 1 is 1.19 bits per heavy atom. The SMILES string of the molecule is COCCNc1nc(C#CC2(C(F)F)CC2)nc(N[C@H](C)C(F)(F)F)n1. The zero-order valence-corrected chi connectivity index (χ0v) is 14.1. The van der Waals surface area contributed by atoms with Gasteiger partial charge in [0, 0.05) is 13.7 Å². The fourth-order valence-electron chi connectivity index (χ4n) is 1.83. The van der Waals surface area contributed by atoms with Crippen LogP contribution in [-0.4, -0.2) is 53.9 Å². The van der Waals surface area contributed by atoms with Crippen LogP contribution in [0, 0.1) is 17.3 Å². The molecule has 11 heteroatoms. The minimum Gasteiger partial charge on any atom is -0.383 e. The molecule has 2 N–H and O–H groups in total. The predicted molar refractivity (Wildman–Crippen MR) is 83.9 cm³/mol. The molecule has 0 saturated heterocycles. The number of halogens is 5. The fraction of sp³-hybridized carbons (Fsp3) is 0.667. The molecule has 1 aliphatic rings. The summed E-state index contributed by atoms with van der Waals surface area (Å²) in [7, 11) is 1.48. The highest BCUT2D eigenvalue weighted by molar-refractivity contribution is 5.40. The maximum atomic E-state index is 12.9. The first kappa shape index (κ1) is 20.1. The van der Waals surface area contributed by atoms with Crippen LogP contribution in [-0.2, 0) is 4.74 Å². The topological polar surface area (TPSA) is 72.0 Å². The molecular weight excluding hydrogens is 361 g/mol. The smallest absolute Gasteiger partial charge is 0.383 e. The molecule has 1 saturated carbocycles. The molecular formula is C15H18F5N5O. The Kier molecular flexibility index (Phi) is 6.17. The van der Waals surface area contributed by atoms with Crippen molar-refractivity contribution in [3.8, 4) is 11.8 Å². The molecule has 1 heterocycles. The standard InChI is InChI=1S/C15H18F5N5O/c1-9(15(18,19)20)22-13-24-10(3-4-14(5-6-14)11(16)17)23-12(25-13)21-7-8-26-2/h9,11H,5-8H2,1-2H3,(H2,21,22,23,24,25)/t9-/m1/s1. The van der Waals surface area contributed by atoms with Crippen LogP contribution < -0.4 is 10.6 Å². The molecule has 26 heavy (non-hydrogen) atoms. The van der Waals surface area contributed by atoms with Crippen LogP contribution in [0.2, 0.25) is 0 Å². The van der Waals surface area contributed by atoms with E-state index in [1.54, 1.807) is 0 Å². The van der Waals surface area contributed by atoms with Gasteiger partial charge in [0.15, 0.2) is 0 Å². The molecule has 0 radical (unpaired) electrons. The molecule has 0 aromatic carbocycles. The normalized spacial score (nSPS) is 16.6. The number of hydrogen-bond acceptors (Lipinski definition) is 6. The van der Waals surface area contributed by atoms with Gasteiger partial charge >= 0.3 is 6.18 Å². The first-order valence-electron chi connectivity index (χ1n) is 7.80. The summed E-state index contributed by atoms with van der Waals surface area (Å²) in [5.41, 5.74) is -1.37. The largest absolute Gasteiger partial charge is 0.408 e. The Bertz CT molecular complexity index is 681. The van der Waals surface area contributed by atoms with Gasteiger partial charge in [-0.15, -0.1) is 0 Å². The maximum absolute atomic E-state index is 12.9. The molecule has 1 aliphatic carbocycles. The van der Waals surface area contributed by atoms with Crippen LogP contribution in [0.1, 0.15) is 25.6 Å². The van der Waals surface area contributed by atoms with Gasteiger partial charge in [-0.25, -0.2) is 8.78 Å². The Morgan fingerprint density at radius 2 is 1.85 bits per heavy atom. The van der Waals surface area contributed by atoms with Crippen molar-refractivity contribution in [3.63, 3.8) is 0 Å². The van der Waals surface area contributed by atoms with Crippen molar-refractivity contribution in [3.05, 3.63) is 5.82 Å². The second-order valence-electron chi connectivity index (χ2n) is 5.84.